The Bertz CT molecular complexity index is 2420. The maximum atomic E-state index is 14.8. The molecule has 4 fully saturated rings. The van der Waals surface area contributed by atoms with E-state index in [0.29, 0.717) is 42.7 Å². The first-order valence-corrected chi connectivity index (χ1v) is 25.3. The molecule has 4 aromatic rings. The first-order chi connectivity index (χ1) is 33.7. The number of hydrogen-bond donors (Lipinski definition) is 3. The molecule has 14 nitrogen and oxygen atoms in total. The molecule has 1 saturated carbocycles. The molecule has 8 rings (SSSR count). The van der Waals surface area contributed by atoms with Gasteiger partial charge in [0.05, 0.1) is 23.7 Å². The van der Waals surface area contributed by atoms with Gasteiger partial charge in [0.15, 0.2) is 0 Å². The number of ether oxygens (including phenoxy) is 1. The third kappa shape index (κ3) is 15.7. The predicted octanol–water partition coefficient (Wildman–Crippen LogP) is 9.69. The molecule has 0 spiro atoms. The number of urea groups is 1. The monoisotopic (exact) mass is 990 g/mol. The Hall–Kier alpha value is -5.55. The zero-order chi connectivity index (χ0) is 50.2. The van der Waals surface area contributed by atoms with Gasteiger partial charge in [0, 0.05) is 78.7 Å². The van der Waals surface area contributed by atoms with Crippen LogP contribution in [-0.4, -0.2) is 106 Å². The number of amides is 4. The van der Waals surface area contributed by atoms with Crippen LogP contribution < -0.4 is 20.3 Å². The molecule has 2 aromatic heterocycles. The number of nitrogens with zero attached hydrogens (tertiary/aromatic N) is 7. The van der Waals surface area contributed by atoms with E-state index >= 15 is 0 Å². The van der Waals surface area contributed by atoms with Gasteiger partial charge in [-0.05, 0) is 113 Å². The molecule has 0 bridgehead atoms. The quantitative estimate of drug-likeness (QED) is 0.0708. The van der Waals surface area contributed by atoms with Crippen LogP contribution in [0.4, 0.5) is 39.7 Å². The Morgan fingerprint density at radius 1 is 0.957 bits per heavy atom. The summed E-state index contributed by atoms with van der Waals surface area (Å²) in [5, 5.41) is 9.19. The lowest BCUT2D eigenvalue weighted by atomic mass is 9.94. The van der Waals surface area contributed by atoms with E-state index in [9.17, 15) is 31.9 Å². The lowest BCUT2D eigenvalue weighted by molar-refractivity contribution is -0.139. The maximum absolute atomic E-state index is 14.8. The minimum Gasteiger partial charge on any atom is -0.365 e. The summed E-state index contributed by atoms with van der Waals surface area (Å²) in [5.41, 5.74) is 0.508. The fourth-order valence-electron chi connectivity index (χ4n) is 8.60. The molecule has 0 unspecified atom stereocenters. The summed E-state index contributed by atoms with van der Waals surface area (Å²) in [4.78, 5) is 50.6. The number of nitrogens with one attached hydrogen (secondary N) is 3. The normalized spacial score (nSPS) is 17.5. The van der Waals surface area contributed by atoms with Gasteiger partial charge in [0.2, 0.25) is 17.8 Å². The Morgan fingerprint density at radius 3 is 2.39 bits per heavy atom. The second-order valence-corrected chi connectivity index (χ2v) is 19.1. The minimum atomic E-state index is -4.65. The fraction of sp³-hybridized carbons (Fsp3) is 0.529. The van der Waals surface area contributed by atoms with E-state index in [4.69, 9.17) is 4.74 Å². The van der Waals surface area contributed by atoms with Crippen molar-refractivity contribution in [1.82, 2.24) is 39.6 Å². The molecule has 378 valence electrons. The van der Waals surface area contributed by atoms with E-state index in [1.54, 1.807) is 15.6 Å². The van der Waals surface area contributed by atoms with Crippen molar-refractivity contribution in [2.75, 3.05) is 56.6 Å². The number of carbonyl (C=O) groups is 3. The SMILES string of the molecule is CC.CC(C)Cn1cc(-c2nc(Nc3ccc(SNC4CCCCC4)cc3F)ncc2C(F)(F)F)cn1.CN1CCC(C(=O)N2CCC(OCC#Cc3cccc(N4CCC(=O)NC4=O)c3)CC2)CC1. The number of rotatable bonds is 12. The zero-order valence-electron chi connectivity index (χ0n) is 40.8. The fourth-order valence-corrected chi connectivity index (χ4v) is 9.44. The van der Waals surface area contributed by atoms with Crippen LogP contribution >= 0.6 is 11.9 Å². The third-order valence-electron chi connectivity index (χ3n) is 12.3. The molecule has 3 aliphatic heterocycles. The summed E-state index contributed by atoms with van der Waals surface area (Å²) in [6.07, 6.45) is 8.83. The average molecular weight is 991 g/mol. The molecule has 5 heterocycles. The van der Waals surface area contributed by atoms with Crippen LogP contribution in [0.1, 0.15) is 103 Å². The van der Waals surface area contributed by atoms with Crippen LogP contribution in [0.25, 0.3) is 11.3 Å². The van der Waals surface area contributed by atoms with Crippen LogP contribution in [0.3, 0.4) is 0 Å². The zero-order valence-corrected chi connectivity index (χ0v) is 41.6. The van der Waals surface area contributed by atoms with Gasteiger partial charge in [-0.1, -0.05) is 64.9 Å². The predicted molar refractivity (Wildman–Crippen MR) is 265 cm³/mol. The van der Waals surface area contributed by atoms with Gasteiger partial charge in [0.1, 0.15) is 18.0 Å². The van der Waals surface area contributed by atoms with Crippen LogP contribution in [-0.2, 0) is 27.0 Å². The molecule has 0 atom stereocenters. The van der Waals surface area contributed by atoms with E-state index in [0.717, 1.165) is 76.0 Å². The van der Waals surface area contributed by atoms with Gasteiger partial charge in [-0.3, -0.25) is 29.2 Å². The molecule has 19 heteroatoms. The van der Waals surface area contributed by atoms with Crippen molar-refractivity contribution in [3.05, 3.63) is 78.0 Å². The van der Waals surface area contributed by atoms with Crippen molar-refractivity contribution in [3.63, 3.8) is 0 Å². The van der Waals surface area contributed by atoms with E-state index in [2.05, 4.69) is 54.2 Å². The molecule has 3 N–H and O–H groups in total. The van der Waals surface area contributed by atoms with Crippen molar-refractivity contribution < 1.29 is 36.7 Å². The Balaban J connectivity index is 0.000000222. The van der Waals surface area contributed by atoms with Gasteiger partial charge in [0.25, 0.3) is 0 Å². The highest BCUT2D eigenvalue weighted by molar-refractivity contribution is 7.97. The highest BCUT2D eigenvalue weighted by Crippen LogP contribution is 2.37. The number of alkyl halides is 3. The van der Waals surface area contributed by atoms with Crippen molar-refractivity contribution in [1.29, 1.82) is 0 Å². The maximum Gasteiger partial charge on any atom is 0.419 e. The third-order valence-corrected chi connectivity index (χ3v) is 13.3. The second-order valence-electron chi connectivity index (χ2n) is 18.1. The Morgan fingerprint density at radius 2 is 1.70 bits per heavy atom. The molecular weight excluding hydrogens is 925 g/mol. The standard InChI is InChI=1S/C25H32N4O4.C24H28F4N6S.C2H6/c1-27-12-7-20(8-13-27)24(31)28-14-9-22(10-15-28)33-17-3-5-19-4-2-6-21(18-19)29-16-11-23(30)26-25(29)32;1-15(2)13-34-14-16(11-30-34)22-19(24(26,27)28)12-29-23(32-22)31-21-9-8-18(10-20(21)25)35-33-17-6-4-3-5-7-17;1-2/h2,4,6,18,20,22H,7-17H2,1H3,(H,26,30,32);8-12,14-15,17,33H,3-7,13H2,1-2H3,(H,29,31,32);1-2H3. The highest BCUT2D eigenvalue weighted by atomic mass is 32.2. The second kappa shape index (κ2) is 26.1. The summed E-state index contributed by atoms with van der Waals surface area (Å²) in [6, 6.07) is 12.1. The van der Waals surface area contributed by atoms with Crippen LogP contribution in [0.15, 0.2) is 66.0 Å². The van der Waals surface area contributed by atoms with Crippen LogP contribution in [0.2, 0.25) is 0 Å². The molecular formula is C51H66F4N10O4S. The lowest BCUT2D eigenvalue weighted by Gasteiger charge is -2.36. The number of carbonyl (C=O) groups excluding carboxylic acids is 3. The Labute approximate surface area is 413 Å². The van der Waals surface area contributed by atoms with E-state index in [-0.39, 0.29) is 53.2 Å². The molecule has 4 amide bonds. The number of hydrogen-bond acceptors (Lipinski definition) is 11. The van der Waals surface area contributed by atoms with Gasteiger partial charge in [-0.15, -0.1) is 0 Å². The number of halogens is 4. The average Bonchev–Trinajstić information content (AvgIpc) is 3.82. The first kappa shape index (κ1) is 53.8. The smallest absolute Gasteiger partial charge is 0.365 e. The van der Waals surface area contributed by atoms with Gasteiger partial charge in [-0.25, -0.2) is 19.2 Å². The Kier molecular flexibility index (Phi) is 20.0. The molecule has 0 radical (unpaired) electrons. The minimum absolute atomic E-state index is 0.0771. The van der Waals surface area contributed by atoms with Crippen molar-refractivity contribution in [2.24, 2.45) is 11.8 Å². The molecule has 2 aromatic carbocycles. The number of likely N-dealkylation sites (tertiary alicyclic amines) is 2. The number of aromatic nitrogens is 4. The van der Waals surface area contributed by atoms with E-state index in [1.165, 1.54) is 55.7 Å². The van der Waals surface area contributed by atoms with Crippen molar-refractivity contribution in [3.8, 4) is 23.1 Å². The van der Waals surface area contributed by atoms with Crippen molar-refractivity contribution in [2.45, 2.75) is 122 Å². The molecule has 3 saturated heterocycles. The van der Waals surface area contributed by atoms with Gasteiger partial charge < -0.3 is 19.9 Å². The number of piperidine rings is 2. The topological polar surface area (TPSA) is 150 Å². The molecule has 4 aliphatic rings. The summed E-state index contributed by atoms with van der Waals surface area (Å²) >= 11 is 1.38. The van der Waals surface area contributed by atoms with Crippen molar-refractivity contribution >= 4 is 47.1 Å². The van der Waals surface area contributed by atoms with Crippen LogP contribution in [0, 0.1) is 29.5 Å². The van der Waals surface area contributed by atoms with E-state index in [1.807, 2.05) is 56.9 Å². The highest BCUT2D eigenvalue weighted by Gasteiger charge is 2.36. The first-order valence-electron chi connectivity index (χ1n) is 24.4. The van der Waals surface area contributed by atoms with Crippen LogP contribution in [0.5, 0.6) is 0 Å². The summed E-state index contributed by atoms with van der Waals surface area (Å²) in [7, 11) is 2.11. The molecule has 70 heavy (non-hydrogen) atoms. The number of anilines is 3. The number of benzene rings is 2. The molecule has 1 aliphatic carbocycles. The number of imide groups is 1. The summed E-state index contributed by atoms with van der Waals surface area (Å²) < 4.78 is 66.6. The van der Waals surface area contributed by atoms with Gasteiger partial charge >= 0.3 is 12.2 Å². The lowest BCUT2D eigenvalue weighted by Crippen LogP contribution is -2.49. The van der Waals surface area contributed by atoms with Gasteiger partial charge in [-0.2, -0.15) is 18.3 Å². The summed E-state index contributed by atoms with van der Waals surface area (Å²) in [6.45, 7) is 12.7. The summed E-state index contributed by atoms with van der Waals surface area (Å²) in [5.74, 6) is 5.98. The largest absolute Gasteiger partial charge is 0.419 e. The van der Waals surface area contributed by atoms with E-state index < -0.39 is 23.6 Å².